The third kappa shape index (κ3) is 2.94. The first-order valence-corrected chi connectivity index (χ1v) is 7.19. The Morgan fingerprint density at radius 2 is 2.10 bits per heavy atom. The van der Waals surface area contributed by atoms with Gasteiger partial charge in [-0.2, -0.15) is 0 Å². The SMILES string of the molecule is CC1=NC(C#Cc2ccc3ncc(Br)cc3n2)=CCC1. The molecule has 0 unspecified atom stereocenters. The van der Waals surface area contributed by atoms with Gasteiger partial charge in [0.1, 0.15) is 11.4 Å². The first-order valence-electron chi connectivity index (χ1n) is 6.39. The summed E-state index contributed by atoms with van der Waals surface area (Å²) in [6, 6.07) is 5.76. The van der Waals surface area contributed by atoms with E-state index in [1.807, 2.05) is 25.1 Å². The van der Waals surface area contributed by atoms with Gasteiger partial charge in [0.2, 0.25) is 0 Å². The maximum Gasteiger partial charge on any atom is 0.114 e. The van der Waals surface area contributed by atoms with Gasteiger partial charge in [-0.3, -0.25) is 4.98 Å². The topological polar surface area (TPSA) is 38.1 Å². The van der Waals surface area contributed by atoms with E-state index in [0.29, 0.717) is 0 Å². The monoisotopic (exact) mass is 325 g/mol. The van der Waals surface area contributed by atoms with Crippen LogP contribution in [0, 0.1) is 11.8 Å². The maximum absolute atomic E-state index is 4.50. The molecule has 0 atom stereocenters. The van der Waals surface area contributed by atoms with Crippen molar-refractivity contribution < 1.29 is 0 Å². The lowest BCUT2D eigenvalue weighted by molar-refractivity contribution is 1.04. The molecular weight excluding hydrogens is 314 g/mol. The summed E-state index contributed by atoms with van der Waals surface area (Å²) in [5.41, 5.74) is 4.41. The van der Waals surface area contributed by atoms with Gasteiger partial charge in [-0.1, -0.05) is 0 Å². The summed E-state index contributed by atoms with van der Waals surface area (Å²) in [5.74, 6) is 6.14. The number of halogens is 1. The van der Waals surface area contributed by atoms with Crippen molar-refractivity contribution in [3.8, 4) is 11.8 Å². The molecule has 0 bridgehead atoms. The quantitative estimate of drug-likeness (QED) is 0.689. The number of pyridine rings is 2. The zero-order valence-corrected chi connectivity index (χ0v) is 12.6. The maximum atomic E-state index is 4.50. The van der Waals surface area contributed by atoms with E-state index in [2.05, 4.69) is 48.8 Å². The highest BCUT2D eigenvalue weighted by atomic mass is 79.9. The number of hydrogen-bond acceptors (Lipinski definition) is 3. The van der Waals surface area contributed by atoms with Crippen LogP contribution in [0.1, 0.15) is 25.5 Å². The van der Waals surface area contributed by atoms with E-state index in [1.54, 1.807) is 6.20 Å². The van der Waals surface area contributed by atoms with Gasteiger partial charge in [0.25, 0.3) is 0 Å². The number of fused-ring (bicyclic) bond motifs is 1. The first kappa shape index (κ1) is 13.0. The Morgan fingerprint density at radius 3 is 2.95 bits per heavy atom. The molecule has 2 aromatic rings. The summed E-state index contributed by atoms with van der Waals surface area (Å²) in [4.78, 5) is 13.2. The molecule has 3 heterocycles. The molecule has 0 amide bonds. The van der Waals surface area contributed by atoms with E-state index < -0.39 is 0 Å². The average Bonchev–Trinajstić information content (AvgIpc) is 2.45. The van der Waals surface area contributed by atoms with Crippen LogP contribution in [-0.2, 0) is 0 Å². The zero-order chi connectivity index (χ0) is 13.9. The first-order chi connectivity index (χ1) is 9.70. The van der Waals surface area contributed by atoms with Crippen molar-refractivity contribution >= 4 is 32.7 Å². The predicted molar refractivity (Wildman–Crippen MR) is 84.5 cm³/mol. The molecular formula is C16H12BrN3. The molecule has 2 aromatic heterocycles. The molecule has 20 heavy (non-hydrogen) atoms. The van der Waals surface area contributed by atoms with Crippen LogP contribution in [0.5, 0.6) is 0 Å². The van der Waals surface area contributed by atoms with Gasteiger partial charge in [0, 0.05) is 16.4 Å². The third-order valence-corrected chi connectivity index (χ3v) is 3.41. The highest BCUT2D eigenvalue weighted by molar-refractivity contribution is 9.10. The number of hydrogen-bond donors (Lipinski definition) is 0. The Morgan fingerprint density at radius 1 is 1.20 bits per heavy atom. The molecule has 0 aliphatic carbocycles. The molecule has 3 nitrogen and oxygen atoms in total. The van der Waals surface area contributed by atoms with Crippen molar-refractivity contribution in [1.82, 2.24) is 9.97 Å². The normalized spacial score (nSPS) is 14.3. The van der Waals surface area contributed by atoms with E-state index in [4.69, 9.17) is 0 Å². The van der Waals surface area contributed by atoms with Crippen LogP contribution < -0.4 is 0 Å². The van der Waals surface area contributed by atoms with Crippen LogP contribution >= 0.6 is 15.9 Å². The minimum absolute atomic E-state index is 0.733. The van der Waals surface area contributed by atoms with Gasteiger partial charge < -0.3 is 0 Å². The predicted octanol–water partition coefficient (Wildman–Crippen LogP) is 3.88. The minimum Gasteiger partial charge on any atom is -0.253 e. The number of allylic oxidation sites excluding steroid dienone is 2. The second-order valence-corrected chi connectivity index (χ2v) is 5.53. The largest absolute Gasteiger partial charge is 0.253 e. The molecule has 0 radical (unpaired) electrons. The van der Waals surface area contributed by atoms with Crippen molar-refractivity contribution in [3.05, 3.63) is 46.3 Å². The van der Waals surface area contributed by atoms with E-state index in [-0.39, 0.29) is 0 Å². The molecule has 0 aromatic carbocycles. The second kappa shape index (κ2) is 5.56. The summed E-state index contributed by atoms with van der Waals surface area (Å²) in [6.45, 7) is 2.03. The summed E-state index contributed by atoms with van der Waals surface area (Å²) in [6.07, 6.45) is 5.87. The van der Waals surface area contributed by atoms with E-state index in [9.17, 15) is 0 Å². The van der Waals surface area contributed by atoms with Gasteiger partial charge in [0.15, 0.2) is 0 Å². The summed E-state index contributed by atoms with van der Waals surface area (Å²) >= 11 is 3.40. The highest BCUT2D eigenvalue weighted by Crippen LogP contribution is 2.15. The van der Waals surface area contributed by atoms with Crippen molar-refractivity contribution in [2.45, 2.75) is 19.8 Å². The van der Waals surface area contributed by atoms with Crippen molar-refractivity contribution in [3.63, 3.8) is 0 Å². The molecule has 3 rings (SSSR count). The van der Waals surface area contributed by atoms with Gasteiger partial charge >= 0.3 is 0 Å². The Balaban J connectivity index is 1.94. The molecule has 0 fully saturated rings. The zero-order valence-electron chi connectivity index (χ0n) is 11.0. The number of nitrogens with zero attached hydrogens (tertiary/aromatic N) is 3. The fourth-order valence-electron chi connectivity index (χ4n) is 1.98. The van der Waals surface area contributed by atoms with Crippen molar-refractivity contribution in [2.75, 3.05) is 0 Å². The van der Waals surface area contributed by atoms with Crippen LogP contribution in [-0.4, -0.2) is 15.7 Å². The van der Waals surface area contributed by atoms with Crippen molar-refractivity contribution in [1.29, 1.82) is 0 Å². The van der Waals surface area contributed by atoms with Gasteiger partial charge in [0.05, 0.1) is 11.0 Å². The third-order valence-electron chi connectivity index (χ3n) is 2.98. The number of rotatable bonds is 0. The number of aromatic nitrogens is 2. The molecule has 0 spiro atoms. The van der Waals surface area contributed by atoms with Crippen LogP contribution in [0.15, 0.2) is 45.6 Å². The van der Waals surface area contributed by atoms with E-state index in [1.165, 1.54) is 0 Å². The molecule has 98 valence electrons. The molecule has 0 saturated carbocycles. The van der Waals surface area contributed by atoms with Gasteiger partial charge in [-0.05, 0) is 71.8 Å². The van der Waals surface area contributed by atoms with Crippen molar-refractivity contribution in [2.24, 2.45) is 4.99 Å². The lowest BCUT2D eigenvalue weighted by Gasteiger charge is -2.03. The van der Waals surface area contributed by atoms with E-state index in [0.717, 1.165) is 45.5 Å². The Kier molecular flexibility index (Phi) is 3.62. The summed E-state index contributed by atoms with van der Waals surface area (Å²) in [5, 5.41) is 0. The summed E-state index contributed by atoms with van der Waals surface area (Å²) in [7, 11) is 0. The van der Waals surface area contributed by atoms with Crippen LogP contribution in [0.2, 0.25) is 0 Å². The standard InChI is InChI=1S/C16H12BrN3/c1-11-3-2-4-13(19-11)5-6-14-7-8-15-16(20-14)9-12(17)10-18-15/h4,7-10H,2-3H2,1H3. The molecule has 4 heteroatoms. The van der Waals surface area contributed by atoms with Gasteiger partial charge in [-0.15, -0.1) is 0 Å². The molecule has 1 aliphatic heterocycles. The molecule has 1 aliphatic rings. The minimum atomic E-state index is 0.733. The van der Waals surface area contributed by atoms with Gasteiger partial charge in [-0.25, -0.2) is 9.98 Å². The highest BCUT2D eigenvalue weighted by Gasteiger charge is 2.01. The lowest BCUT2D eigenvalue weighted by Crippen LogP contribution is -1.96. The Hall–Kier alpha value is -1.99. The van der Waals surface area contributed by atoms with Crippen LogP contribution in [0.3, 0.4) is 0 Å². The smallest absolute Gasteiger partial charge is 0.114 e. The Labute approximate surface area is 126 Å². The summed E-state index contributed by atoms with van der Waals surface area (Å²) < 4.78 is 0.915. The number of aliphatic imine (C=N–C) groups is 1. The Bertz CT molecular complexity index is 794. The van der Waals surface area contributed by atoms with E-state index >= 15 is 0 Å². The fourth-order valence-corrected chi connectivity index (χ4v) is 2.30. The molecule has 0 saturated heterocycles. The van der Waals surface area contributed by atoms with Crippen LogP contribution in [0.25, 0.3) is 11.0 Å². The average molecular weight is 326 g/mol. The fraction of sp³-hybridized carbons (Fsp3) is 0.188. The molecule has 0 N–H and O–H groups in total. The lowest BCUT2D eigenvalue weighted by atomic mass is 10.1. The second-order valence-electron chi connectivity index (χ2n) is 4.61. The van der Waals surface area contributed by atoms with Crippen LogP contribution in [0.4, 0.5) is 0 Å².